The molecule has 104 valence electrons. The molecule has 0 aliphatic carbocycles. The van der Waals surface area contributed by atoms with Gasteiger partial charge in [-0.25, -0.2) is 14.6 Å². The third-order valence-electron chi connectivity index (χ3n) is 2.81. The van der Waals surface area contributed by atoms with E-state index in [4.69, 9.17) is 9.84 Å². The van der Waals surface area contributed by atoms with Crippen LogP contribution in [0.3, 0.4) is 0 Å². The summed E-state index contributed by atoms with van der Waals surface area (Å²) in [4.78, 5) is 28.2. The van der Waals surface area contributed by atoms with Gasteiger partial charge in [0.05, 0.1) is 19.2 Å². The molecule has 0 saturated carbocycles. The van der Waals surface area contributed by atoms with Gasteiger partial charge in [-0.05, 0) is 6.92 Å². The van der Waals surface area contributed by atoms with Crippen LogP contribution in [0.4, 0.5) is 4.79 Å². The first-order chi connectivity index (χ1) is 9.08. The number of nitrogens with zero attached hydrogens (tertiary/aromatic N) is 3. The zero-order chi connectivity index (χ0) is 13.8. The summed E-state index contributed by atoms with van der Waals surface area (Å²) < 4.78 is 5.05. The molecule has 2 unspecified atom stereocenters. The number of carbonyl (C=O) groups excluding carboxylic acids is 1. The summed E-state index contributed by atoms with van der Waals surface area (Å²) in [5, 5.41) is 17.9. The van der Waals surface area contributed by atoms with Gasteiger partial charge in [0, 0.05) is 6.54 Å². The fourth-order valence-electron chi connectivity index (χ4n) is 1.75. The minimum atomic E-state index is -1.07. The Balaban J connectivity index is 1.91. The van der Waals surface area contributed by atoms with Gasteiger partial charge in [0.1, 0.15) is 12.2 Å². The van der Waals surface area contributed by atoms with Crippen LogP contribution in [-0.2, 0) is 9.53 Å². The summed E-state index contributed by atoms with van der Waals surface area (Å²) in [6, 6.07) is -0.681. The third kappa shape index (κ3) is 3.19. The molecule has 0 spiro atoms. The molecule has 19 heavy (non-hydrogen) atoms. The Bertz CT molecular complexity index is 449. The maximum Gasteiger partial charge on any atom is 0.334 e. The largest absolute Gasteiger partial charge is 0.479 e. The summed E-state index contributed by atoms with van der Waals surface area (Å²) in [5.74, 6) is -0.530. The number of hydrogen-bond acceptors (Lipinski definition) is 5. The van der Waals surface area contributed by atoms with Gasteiger partial charge in [0.25, 0.3) is 0 Å². The van der Waals surface area contributed by atoms with Crippen molar-refractivity contribution < 1.29 is 19.4 Å². The van der Waals surface area contributed by atoms with Crippen LogP contribution in [0.1, 0.15) is 18.8 Å². The lowest BCUT2D eigenvalue weighted by Gasteiger charge is -2.31. The second-order valence-electron chi connectivity index (χ2n) is 4.19. The molecule has 1 aromatic heterocycles. The van der Waals surface area contributed by atoms with E-state index in [-0.39, 0.29) is 25.2 Å². The highest BCUT2D eigenvalue weighted by Crippen LogP contribution is 2.09. The van der Waals surface area contributed by atoms with Crippen molar-refractivity contribution >= 4 is 12.0 Å². The Kier molecular flexibility index (Phi) is 3.95. The molecule has 9 heteroatoms. The van der Waals surface area contributed by atoms with Crippen molar-refractivity contribution in [1.82, 2.24) is 25.4 Å². The average Bonchev–Trinajstić information content (AvgIpc) is 2.92. The molecular formula is C10H15N5O4. The van der Waals surface area contributed by atoms with E-state index >= 15 is 0 Å². The van der Waals surface area contributed by atoms with Crippen LogP contribution < -0.4 is 5.32 Å². The SMILES string of the molecule is CC(NC(=O)N1CCOC(C(=O)O)C1)c1ncn[nH]1. The Labute approximate surface area is 109 Å². The molecular weight excluding hydrogens is 254 g/mol. The maximum atomic E-state index is 12.0. The number of hydrogen-bond donors (Lipinski definition) is 3. The molecule has 0 bridgehead atoms. The molecule has 1 aliphatic heterocycles. The van der Waals surface area contributed by atoms with E-state index in [0.717, 1.165) is 0 Å². The van der Waals surface area contributed by atoms with Crippen LogP contribution in [0.25, 0.3) is 0 Å². The predicted molar refractivity (Wildman–Crippen MR) is 62.3 cm³/mol. The maximum absolute atomic E-state index is 12.0. The van der Waals surface area contributed by atoms with Crippen LogP contribution in [0.15, 0.2) is 6.33 Å². The fraction of sp³-hybridized carbons (Fsp3) is 0.600. The van der Waals surface area contributed by atoms with Gasteiger partial charge in [-0.3, -0.25) is 5.10 Å². The zero-order valence-corrected chi connectivity index (χ0v) is 10.4. The van der Waals surface area contributed by atoms with Crippen molar-refractivity contribution in [3.63, 3.8) is 0 Å². The number of ether oxygens (including phenoxy) is 1. The van der Waals surface area contributed by atoms with Gasteiger partial charge in [-0.15, -0.1) is 0 Å². The lowest BCUT2D eigenvalue weighted by molar-refractivity contribution is -0.154. The van der Waals surface area contributed by atoms with E-state index in [1.165, 1.54) is 11.2 Å². The van der Waals surface area contributed by atoms with E-state index in [9.17, 15) is 9.59 Å². The number of aromatic amines is 1. The number of carboxylic acids is 1. The quantitative estimate of drug-likeness (QED) is 0.671. The smallest absolute Gasteiger partial charge is 0.334 e. The number of amides is 2. The van der Waals surface area contributed by atoms with Crippen molar-refractivity contribution in [2.24, 2.45) is 0 Å². The van der Waals surface area contributed by atoms with E-state index < -0.39 is 12.1 Å². The summed E-state index contributed by atoms with van der Waals surface area (Å²) in [5.41, 5.74) is 0. The first-order valence-corrected chi connectivity index (χ1v) is 5.83. The highest BCUT2D eigenvalue weighted by atomic mass is 16.5. The van der Waals surface area contributed by atoms with Crippen LogP contribution >= 0.6 is 0 Å². The standard InChI is InChI=1S/C10H15N5O4/c1-6(8-11-5-12-14-8)13-10(18)15-2-3-19-7(4-15)9(16)17/h5-7H,2-4H2,1H3,(H,13,18)(H,16,17)(H,11,12,14). The Hall–Kier alpha value is -2.16. The number of aromatic nitrogens is 3. The molecule has 0 radical (unpaired) electrons. The van der Waals surface area contributed by atoms with Gasteiger partial charge in [0.15, 0.2) is 6.10 Å². The van der Waals surface area contributed by atoms with Crippen LogP contribution in [0.2, 0.25) is 0 Å². The average molecular weight is 269 g/mol. The van der Waals surface area contributed by atoms with Gasteiger partial charge in [-0.2, -0.15) is 5.10 Å². The first kappa shape index (κ1) is 13.3. The molecule has 1 aliphatic rings. The van der Waals surface area contributed by atoms with Crippen molar-refractivity contribution in [3.05, 3.63) is 12.2 Å². The molecule has 2 atom stereocenters. The Morgan fingerprint density at radius 2 is 2.47 bits per heavy atom. The van der Waals surface area contributed by atoms with Gasteiger partial charge in [0.2, 0.25) is 0 Å². The number of morpholine rings is 1. The highest BCUT2D eigenvalue weighted by molar-refractivity contribution is 5.77. The van der Waals surface area contributed by atoms with Crippen LogP contribution in [0, 0.1) is 0 Å². The summed E-state index contributed by atoms with van der Waals surface area (Å²) >= 11 is 0. The van der Waals surface area contributed by atoms with E-state index in [0.29, 0.717) is 12.4 Å². The van der Waals surface area contributed by atoms with Gasteiger partial charge >= 0.3 is 12.0 Å². The molecule has 1 fully saturated rings. The number of H-pyrrole nitrogens is 1. The Morgan fingerprint density at radius 3 is 3.11 bits per heavy atom. The molecule has 1 saturated heterocycles. The number of nitrogens with one attached hydrogen (secondary N) is 2. The molecule has 3 N–H and O–H groups in total. The molecule has 2 rings (SSSR count). The summed E-state index contributed by atoms with van der Waals surface area (Å²) in [6.45, 7) is 2.36. The third-order valence-corrected chi connectivity index (χ3v) is 2.81. The van der Waals surface area contributed by atoms with E-state index in [1.54, 1.807) is 6.92 Å². The Morgan fingerprint density at radius 1 is 1.68 bits per heavy atom. The van der Waals surface area contributed by atoms with Gasteiger partial charge < -0.3 is 20.1 Å². The number of urea groups is 1. The second-order valence-corrected chi connectivity index (χ2v) is 4.19. The van der Waals surface area contributed by atoms with Gasteiger partial charge in [-0.1, -0.05) is 0 Å². The molecule has 1 aromatic rings. The van der Waals surface area contributed by atoms with Crippen molar-refractivity contribution in [3.8, 4) is 0 Å². The normalized spacial score (nSPS) is 20.9. The fourth-order valence-corrected chi connectivity index (χ4v) is 1.75. The van der Waals surface area contributed by atoms with Crippen molar-refractivity contribution in [1.29, 1.82) is 0 Å². The van der Waals surface area contributed by atoms with Crippen molar-refractivity contribution in [2.45, 2.75) is 19.1 Å². The minimum Gasteiger partial charge on any atom is -0.479 e. The lowest BCUT2D eigenvalue weighted by atomic mass is 10.3. The number of rotatable bonds is 3. The van der Waals surface area contributed by atoms with E-state index in [2.05, 4.69) is 20.5 Å². The molecule has 2 heterocycles. The first-order valence-electron chi connectivity index (χ1n) is 5.83. The van der Waals surface area contributed by atoms with Crippen LogP contribution in [0.5, 0.6) is 0 Å². The highest BCUT2D eigenvalue weighted by Gasteiger charge is 2.29. The number of aliphatic carboxylic acids is 1. The van der Waals surface area contributed by atoms with Crippen LogP contribution in [-0.4, -0.2) is 63.0 Å². The minimum absolute atomic E-state index is 0.0320. The number of carbonyl (C=O) groups is 2. The summed E-state index contributed by atoms with van der Waals surface area (Å²) in [6.07, 6.45) is 0.382. The lowest BCUT2D eigenvalue weighted by Crippen LogP contribution is -2.52. The van der Waals surface area contributed by atoms with Crippen molar-refractivity contribution in [2.75, 3.05) is 19.7 Å². The monoisotopic (exact) mass is 269 g/mol. The topological polar surface area (TPSA) is 120 Å². The zero-order valence-electron chi connectivity index (χ0n) is 10.4. The predicted octanol–water partition coefficient (Wildman–Crippen LogP) is -0.639. The van der Waals surface area contributed by atoms with E-state index in [1.807, 2.05) is 0 Å². The number of carboxylic acid groups (broad SMARTS) is 1. The molecule has 0 aromatic carbocycles. The molecule has 9 nitrogen and oxygen atoms in total. The second kappa shape index (κ2) is 5.65. The summed E-state index contributed by atoms with van der Waals surface area (Å²) in [7, 11) is 0. The molecule has 2 amide bonds.